The molecule has 2 saturated heterocycles. The van der Waals surface area contributed by atoms with Crippen molar-refractivity contribution in [3.05, 3.63) is 23.9 Å². The summed E-state index contributed by atoms with van der Waals surface area (Å²) in [5.41, 5.74) is 0.499. The van der Waals surface area contributed by atoms with Crippen LogP contribution in [0.15, 0.2) is 18.3 Å². The molecule has 0 aromatic carbocycles. The lowest BCUT2D eigenvalue weighted by atomic mass is 9.95. The van der Waals surface area contributed by atoms with E-state index in [-0.39, 0.29) is 6.42 Å². The maximum atomic E-state index is 13.4. The Balaban J connectivity index is 1.48. The molecule has 1 aliphatic carbocycles. The molecule has 1 aromatic rings. The predicted molar refractivity (Wildman–Crippen MR) is 68.7 cm³/mol. The van der Waals surface area contributed by atoms with Crippen molar-refractivity contribution in [1.29, 1.82) is 0 Å². The average Bonchev–Trinajstić information content (AvgIpc) is 2.69. The highest BCUT2D eigenvalue weighted by Gasteiger charge is 2.72. The summed E-state index contributed by atoms with van der Waals surface area (Å²) >= 11 is 0. The smallest absolute Gasteiger partial charge is 0.256 e. The fourth-order valence-electron chi connectivity index (χ4n) is 3.24. The zero-order valence-corrected chi connectivity index (χ0v) is 10.7. The second kappa shape index (κ2) is 3.66. The number of aromatic nitrogens is 1. The maximum Gasteiger partial charge on any atom is 0.256 e. The molecule has 2 aliphatic heterocycles. The zero-order chi connectivity index (χ0) is 13.1. The number of nitrogens with one attached hydrogen (secondary N) is 1. The third-order valence-electron chi connectivity index (χ3n) is 4.91. The Labute approximate surface area is 111 Å². The minimum Gasteiger partial charge on any atom is -0.356 e. The Bertz CT molecular complexity index is 498. The van der Waals surface area contributed by atoms with Gasteiger partial charge >= 0.3 is 0 Å². The van der Waals surface area contributed by atoms with Gasteiger partial charge in [-0.05, 0) is 18.1 Å². The summed E-state index contributed by atoms with van der Waals surface area (Å²) in [6, 6.07) is 4.07. The van der Waals surface area contributed by atoms with Gasteiger partial charge in [-0.2, -0.15) is 0 Å². The van der Waals surface area contributed by atoms with E-state index in [4.69, 9.17) is 0 Å². The SMILES string of the molecule is FC1(F)CC12CCN(c1ccc(C3CNC3)cn1)C2. The Morgan fingerprint density at radius 2 is 2.11 bits per heavy atom. The fraction of sp³-hybridized carbons (Fsp3) is 0.643. The molecule has 1 saturated carbocycles. The Kier molecular flexibility index (Phi) is 2.23. The summed E-state index contributed by atoms with van der Waals surface area (Å²) in [6.07, 6.45) is 2.55. The zero-order valence-electron chi connectivity index (χ0n) is 10.7. The quantitative estimate of drug-likeness (QED) is 0.886. The van der Waals surface area contributed by atoms with E-state index in [2.05, 4.69) is 16.4 Å². The molecule has 5 heteroatoms. The fourth-order valence-corrected chi connectivity index (χ4v) is 3.24. The molecule has 1 spiro atoms. The monoisotopic (exact) mass is 265 g/mol. The van der Waals surface area contributed by atoms with Crippen LogP contribution < -0.4 is 10.2 Å². The van der Waals surface area contributed by atoms with Gasteiger partial charge in [0.1, 0.15) is 5.82 Å². The van der Waals surface area contributed by atoms with Crippen molar-refractivity contribution in [2.75, 3.05) is 31.1 Å². The minimum absolute atomic E-state index is 0.0579. The number of anilines is 1. The van der Waals surface area contributed by atoms with Crippen molar-refractivity contribution >= 4 is 5.82 Å². The highest BCUT2D eigenvalue weighted by Crippen LogP contribution is 2.65. The van der Waals surface area contributed by atoms with Crippen LogP contribution in [0.5, 0.6) is 0 Å². The molecule has 19 heavy (non-hydrogen) atoms. The average molecular weight is 265 g/mol. The first-order valence-corrected chi connectivity index (χ1v) is 6.89. The first-order valence-electron chi connectivity index (χ1n) is 6.89. The lowest BCUT2D eigenvalue weighted by molar-refractivity contribution is 0.0711. The summed E-state index contributed by atoms with van der Waals surface area (Å²) in [5.74, 6) is -1.03. The van der Waals surface area contributed by atoms with E-state index < -0.39 is 11.3 Å². The first-order chi connectivity index (χ1) is 9.10. The molecule has 3 aliphatic rings. The number of hydrogen-bond donors (Lipinski definition) is 1. The summed E-state index contributed by atoms with van der Waals surface area (Å²) in [6.45, 7) is 3.18. The van der Waals surface area contributed by atoms with Crippen LogP contribution in [0.3, 0.4) is 0 Å². The molecule has 3 nitrogen and oxygen atoms in total. The van der Waals surface area contributed by atoms with Crippen LogP contribution in [0.2, 0.25) is 0 Å². The number of halogens is 2. The third kappa shape index (κ3) is 1.67. The molecule has 1 N–H and O–H groups in total. The van der Waals surface area contributed by atoms with Crippen LogP contribution >= 0.6 is 0 Å². The van der Waals surface area contributed by atoms with Gasteiger partial charge in [0.2, 0.25) is 0 Å². The van der Waals surface area contributed by atoms with Crippen LogP contribution in [0.4, 0.5) is 14.6 Å². The lowest BCUT2D eigenvalue weighted by Crippen LogP contribution is -2.39. The summed E-state index contributed by atoms with van der Waals surface area (Å²) in [7, 11) is 0. The van der Waals surface area contributed by atoms with Crippen LogP contribution in [0.25, 0.3) is 0 Å². The summed E-state index contributed by atoms with van der Waals surface area (Å²) < 4.78 is 26.7. The Hall–Kier alpha value is -1.23. The molecule has 0 bridgehead atoms. The first kappa shape index (κ1) is 11.6. The van der Waals surface area contributed by atoms with E-state index in [9.17, 15) is 8.78 Å². The van der Waals surface area contributed by atoms with Gasteiger partial charge in [0.05, 0.1) is 5.41 Å². The van der Waals surface area contributed by atoms with E-state index in [0.717, 1.165) is 18.9 Å². The minimum atomic E-state index is -2.45. The van der Waals surface area contributed by atoms with Crippen LogP contribution in [0.1, 0.15) is 24.3 Å². The highest BCUT2D eigenvalue weighted by atomic mass is 19.3. The van der Waals surface area contributed by atoms with E-state index in [1.54, 1.807) is 0 Å². The molecule has 102 valence electrons. The van der Waals surface area contributed by atoms with E-state index in [0.29, 0.717) is 25.4 Å². The molecule has 4 rings (SSSR count). The number of nitrogens with zero attached hydrogens (tertiary/aromatic N) is 2. The van der Waals surface area contributed by atoms with E-state index >= 15 is 0 Å². The number of hydrogen-bond acceptors (Lipinski definition) is 3. The molecule has 3 fully saturated rings. The third-order valence-corrected chi connectivity index (χ3v) is 4.91. The normalized spacial score (nSPS) is 32.6. The predicted octanol–water partition coefficient (Wildman–Crippen LogP) is 2.00. The van der Waals surface area contributed by atoms with E-state index in [1.165, 1.54) is 5.56 Å². The van der Waals surface area contributed by atoms with Crippen LogP contribution in [0, 0.1) is 5.41 Å². The van der Waals surface area contributed by atoms with Gasteiger partial charge in [-0.1, -0.05) is 6.07 Å². The van der Waals surface area contributed by atoms with Crippen LogP contribution in [-0.2, 0) is 0 Å². The number of pyridine rings is 1. The number of rotatable bonds is 2. The molecule has 0 radical (unpaired) electrons. The number of alkyl halides is 2. The van der Waals surface area contributed by atoms with Gasteiger partial charge in [0, 0.05) is 44.7 Å². The van der Waals surface area contributed by atoms with E-state index in [1.807, 2.05) is 17.2 Å². The van der Waals surface area contributed by atoms with Crippen molar-refractivity contribution in [3.8, 4) is 0 Å². The molecule has 3 heterocycles. The molecule has 1 unspecified atom stereocenters. The van der Waals surface area contributed by atoms with Crippen molar-refractivity contribution in [2.45, 2.75) is 24.7 Å². The van der Waals surface area contributed by atoms with Gasteiger partial charge in [0.25, 0.3) is 5.92 Å². The van der Waals surface area contributed by atoms with Crippen LogP contribution in [-0.4, -0.2) is 37.1 Å². The van der Waals surface area contributed by atoms with Gasteiger partial charge in [-0.25, -0.2) is 13.8 Å². The Morgan fingerprint density at radius 3 is 2.58 bits per heavy atom. The van der Waals surface area contributed by atoms with Crippen molar-refractivity contribution < 1.29 is 8.78 Å². The summed E-state index contributed by atoms with van der Waals surface area (Å²) in [4.78, 5) is 6.46. The van der Waals surface area contributed by atoms with Crippen molar-refractivity contribution in [2.24, 2.45) is 5.41 Å². The largest absolute Gasteiger partial charge is 0.356 e. The van der Waals surface area contributed by atoms with Crippen molar-refractivity contribution in [3.63, 3.8) is 0 Å². The molecule has 0 amide bonds. The maximum absolute atomic E-state index is 13.4. The Morgan fingerprint density at radius 1 is 1.32 bits per heavy atom. The van der Waals surface area contributed by atoms with Gasteiger partial charge < -0.3 is 10.2 Å². The summed E-state index contributed by atoms with van der Waals surface area (Å²) in [5, 5.41) is 3.24. The van der Waals surface area contributed by atoms with Gasteiger partial charge in [0.15, 0.2) is 0 Å². The second-order valence-electron chi connectivity index (χ2n) is 6.14. The molecular weight excluding hydrogens is 248 g/mol. The molecule has 1 atom stereocenters. The molecule has 1 aromatic heterocycles. The molecular formula is C14H17F2N3. The lowest BCUT2D eigenvalue weighted by Gasteiger charge is -2.27. The van der Waals surface area contributed by atoms with Gasteiger partial charge in [-0.3, -0.25) is 0 Å². The standard InChI is InChI=1S/C14H17F2N3/c15-14(16)8-13(14)3-4-19(9-13)12-2-1-10(7-18-12)11-5-17-6-11/h1-2,7,11,17H,3-6,8-9H2. The highest BCUT2D eigenvalue weighted by molar-refractivity contribution is 5.44. The second-order valence-corrected chi connectivity index (χ2v) is 6.14. The van der Waals surface area contributed by atoms with Gasteiger partial charge in [-0.15, -0.1) is 0 Å². The van der Waals surface area contributed by atoms with Crippen molar-refractivity contribution in [1.82, 2.24) is 10.3 Å². The topological polar surface area (TPSA) is 28.2 Å².